The molecule has 146 valence electrons. The maximum absolute atomic E-state index is 12.7. The Bertz CT molecular complexity index is 1040. The predicted molar refractivity (Wildman–Crippen MR) is 104 cm³/mol. The van der Waals surface area contributed by atoms with Gasteiger partial charge in [0.1, 0.15) is 17.4 Å². The van der Waals surface area contributed by atoms with Gasteiger partial charge in [-0.2, -0.15) is 10.2 Å². The van der Waals surface area contributed by atoms with E-state index in [9.17, 15) is 14.9 Å². The van der Waals surface area contributed by atoms with E-state index >= 15 is 0 Å². The summed E-state index contributed by atoms with van der Waals surface area (Å²) in [4.78, 5) is 23.3. The lowest BCUT2D eigenvalue weighted by atomic mass is 10.2. The summed E-state index contributed by atoms with van der Waals surface area (Å²) in [5, 5.41) is 22.8. The Hall–Kier alpha value is -3.20. The van der Waals surface area contributed by atoms with Gasteiger partial charge in [0.15, 0.2) is 0 Å². The van der Waals surface area contributed by atoms with Crippen LogP contribution in [0.5, 0.6) is 0 Å². The summed E-state index contributed by atoms with van der Waals surface area (Å²) >= 11 is 5.87. The Kier molecular flexibility index (Phi) is 5.46. The molecule has 3 aromatic rings. The number of aryl methyl sites for hydroxylation is 1. The monoisotopic (exact) mass is 402 g/mol. The standard InChI is InChI=1S/C18H19ClN6O3/c1-11-17(25(27)28)12(2)24(22-11)13(3)18(26)21-16-6-4-5-14(7-16)9-23-10-15(19)8-20-23/h4-8,10,13H,9H2,1-3H3,(H,21,26). The molecular weight excluding hydrogens is 384 g/mol. The van der Waals surface area contributed by atoms with Crippen molar-refractivity contribution in [3.63, 3.8) is 0 Å². The van der Waals surface area contributed by atoms with Gasteiger partial charge in [0, 0.05) is 11.9 Å². The lowest BCUT2D eigenvalue weighted by Gasteiger charge is -2.14. The molecule has 9 nitrogen and oxygen atoms in total. The highest BCUT2D eigenvalue weighted by molar-refractivity contribution is 6.30. The van der Waals surface area contributed by atoms with Crippen LogP contribution in [-0.4, -0.2) is 30.4 Å². The van der Waals surface area contributed by atoms with Crippen molar-refractivity contribution in [3.05, 3.63) is 68.7 Å². The summed E-state index contributed by atoms with van der Waals surface area (Å²) < 4.78 is 3.07. The van der Waals surface area contributed by atoms with Crippen LogP contribution in [0.3, 0.4) is 0 Å². The third kappa shape index (κ3) is 4.04. The van der Waals surface area contributed by atoms with Crippen LogP contribution in [0, 0.1) is 24.0 Å². The first-order chi connectivity index (χ1) is 13.3. The van der Waals surface area contributed by atoms with Crippen molar-refractivity contribution in [3.8, 4) is 0 Å². The second-order valence-corrected chi connectivity index (χ2v) is 6.88. The van der Waals surface area contributed by atoms with Gasteiger partial charge in [0.05, 0.1) is 22.7 Å². The number of anilines is 1. The van der Waals surface area contributed by atoms with Crippen molar-refractivity contribution < 1.29 is 9.72 Å². The third-order valence-electron chi connectivity index (χ3n) is 4.36. The fourth-order valence-electron chi connectivity index (χ4n) is 3.01. The molecular formula is C18H19ClN6O3. The van der Waals surface area contributed by atoms with Crippen molar-refractivity contribution in [1.82, 2.24) is 19.6 Å². The number of halogens is 1. The molecule has 0 saturated carbocycles. The molecule has 2 heterocycles. The number of aromatic nitrogens is 4. The molecule has 0 spiro atoms. The first kappa shape index (κ1) is 19.6. The van der Waals surface area contributed by atoms with Crippen molar-refractivity contribution in [1.29, 1.82) is 0 Å². The number of nitro groups is 1. The van der Waals surface area contributed by atoms with E-state index in [4.69, 9.17) is 11.6 Å². The summed E-state index contributed by atoms with van der Waals surface area (Å²) in [6, 6.07) is 6.65. The molecule has 1 N–H and O–H groups in total. The minimum Gasteiger partial charge on any atom is -0.324 e. The predicted octanol–water partition coefficient (Wildman–Crippen LogP) is 3.51. The summed E-state index contributed by atoms with van der Waals surface area (Å²) in [6.45, 7) is 5.29. The fourth-order valence-corrected chi connectivity index (χ4v) is 3.17. The Morgan fingerprint density at radius 3 is 2.75 bits per heavy atom. The van der Waals surface area contributed by atoms with Crippen LogP contribution in [0.15, 0.2) is 36.7 Å². The highest BCUT2D eigenvalue weighted by Gasteiger charge is 2.27. The molecule has 0 fully saturated rings. The van der Waals surface area contributed by atoms with E-state index < -0.39 is 11.0 Å². The highest BCUT2D eigenvalue weighted by Crippen LogP contribution is 2.25. The second-order valence-electron chi connectivity index (χ2n) is 6.44. The van der Waals surface area contributed by atoms with Crippen molar-refractivity contribution in [2.45, 2.75) is 33.4 Å². The maximum atomic E-state index is 12.7. The van der Waals surface area contributed by atoms with Gasteiger partial charge in [-0.25, -0.2) is 0 Å². The van der Waals surface area contributed by atoms with Gasteiger partial charge >= 0.3 is 5.69 Å². The van der Waals surface area contributed by atoms with Crippen LogP contribution in [0.1, 0.15) is 29.9 Å². The molecule has 28 heavy (non-hydrogen) atoms. The van der Waals surface area contributed by atoms with Crippen LogP contribution in [0.25, 0.3) is 0 Å². The average Bonchev–Trinajstić information content (AvgIpc) is 3.16. The van der Waals surface area contributed by atoms with Gasteiger partial charge in [-0.3, -0.25) is 24.3 Å². The first-order valence-electron chi connectivity index (χ1n) is 8.54. The second kappa shape index (κ2) is 7.81. The van der Waals surface area contributed by atoms with Gasteiger partial charge in [-0.15, -0.1) is 0 Å². The average molecular weight is 403 g/mol. The van der Waals surface area contributed by atoms with E-state index in [1.807, 2.05) is 18.2 Å². The summed E-state index contributed by atoms with van der Waals surface area (Å²) in [7, 11) is 0. The molecule has 1 unspecified atom stereocenters. The van der Waals surface area contributed by atoms with Crippen LogP contribution < -0.4 is 5.32 Å². The molecule has 10 heteroatoms. The minimum absolute atomic E-state index is 0.0699. The van der Waals surface area contributed by atoms with Gasteiger partial charge in [-0.1, -0.05) is 23.7 Å². The van der Waals surface area contributed by atoms with Crippen molar-refractivity contribution in [2.75, 3.05) is 5.32 Å². The molecule has 0 radical (unpaired) electrons. The zero-order chi connectivity index (χ0) is 20.4. The van der Waals surface area contributed by atoms with E-state index in [0.717, 1.165) is 5.56 Å². The van der Waals surface area contributed by atoms with Crippen LogP contribution in [-0.2, 0) is 11.3 Å². The van der Waals surface area contributed by atoms with Crippen LogP contribution in [0.4, 0.5) is 11.4 Å². The number of benzene rings is 1. The van der Waals surface area contributed by atoms with E-state index in [0.29, 0.717) is 22.9 Å². The molecule has 0 bridgehead atoms. The van der Waals surface area contributed by atoms with Crippen LogP contribution >= 0.6 is 11.6 Å². The Balaban J connectivity index is 1.75. The van der Waals surface area contributed by atoms with E-state index in [2.05, 4.69) is 15.5 Å². The first-order valence-corrected chi connectivity index (χ1v) is 8.92. The quantitative estimate of drug-likeness (QED) is 0.501. The number of rotatable bonds is 6. The number of amides is 1. The van der Waals surface area contributed by atoms with E-state index in [1.54, 1.807) is 43.9 Å². The number of hydrogen-bond donors (Lipinski definition) is 1. The number of nitrogens with one attached hydrogen (secondary N) is 1. The number of carbonyl (C=O) groups is 1. The Labute approximate surface area is 166 Å². The van der Waals surface area contributed by atoms with E-state index in [1.165, 1.54) is 4.68 Å². The molecule has 3 rings (SSSR count). The number of nitrogens with zero attached hydrogens (tertiary/aromatic N) is 5. The molecule has 1 atom stereocenters. The molecule has 1 amide bonds. The smallest absolute Gasteiger partial charge is 0.312 e. The topological polar surface area (TPSA) is 108 Å². The Morgan fingerprint density at radius 1 is 1.39 bits per heavy atom. The number of carbonyl (C=O) groups excluding carboxylic acids is 1. The molecule has 0 aliphatic heterocycles. The summed E-state index contributed by atoms with van der Waals surface area (Å²) in [6.07, 6.45) is 3.27. The normalized spacial score (nSPS) is 12.0. The molecule has 1 aromatic carbocycles. The summed E-state index contributed by atoms with van der Waals surface area (Å²) in [5.74, 6) is -0.320. The highest BCUT2D eigenvalue weighted by atomic mass is 35.5. The van der Waals surface area contributed by atoms with Crippen molar-refractivity contribution in [2.24, 2.45) is 0 Å². The van der Waals surface area contributed by atoms with Gasteiger partial charge in [0.2, 0.25) is 5.91 Å². The SMILES string of the molecule is Cc1nn(C(C)C(=O)Nc2cccc(Cn3cc(Cl)cn3)c2)c(C)c1[N+](=O)[O-]. The fraction of sp³-hybridized carbons (Fsp3) is 0.278. The van der Waals surface area contributed by atoms with Gasteiger partial charge in [-0.05, 0) is 38.5 Å². The van der Waals surface area contributed by atoms with Crippen LogP contribution in [0.2, 0.25) is 5.02 Å². The lowest BCUT2D eigenvalue weighted by Crippen LogP contribution is -2.25. The summed E-state index contributed by atoms with van der Waals surface area (Å²) in [5.41, 5.74) is 2.10. The molecule has 0 aliphatic rings. The molecule has 2 aromatic heterocycles. The van der Waals surface area contributed by atoms with Crippen molar-refractivity contribution >= 4 is 28.9 Å². The van der Waals surface area contributed by atoms with Gasteiger partial charge < -0.3 is 5.32 Å². The molecule has 0 aliphatic carbocycles. The largest absolute Gasteiger partial charge is 0.324 e. The van der Waals surface area contributed by atoms with Gasteiger partial charge in [0.25, 0.3) is 0 Å². The Morgan fingerprint density at radius 2 is 2.14 bits per heavy atom. The van der Waals surface area contributed by atoms with E-state index in [-0.39, 0.29) is 17.3 Å². The number of hydrogen-bond acceptors (Lipinski definition) is 5. The lowest BCUT2D eigenvalue weighted by molar-refractivity contribution is -0.386. The minimum atomic E-state index is -0.707. The third-order valence-corrected chi connectivity index (χ3v) is 4.55. The maximum Gasteiger partial charge on any atom is 0.312 e. The zero-order valence-corrected chi connectivity index (χ0v) is 16.3. The molecule has 0 saturated heterocycles. The zero-order valence-electron chi connectivity index (χ0n) is 15.6.